The SMILES string of the molecule is COc1ccc(CN2CCC(NCc3cccc(C(F)(F)F)c3)CC2)cc1.O=C(O)C(F)(F)F. The highest BCUT2D eigenvalue weighted by Gasteiger charge is 2.38. The zero-order chi connectivity index (χ0) is 25.4. The molecule has 5 nitrogen and oxygen atoms in total. The number of carboxylic acid groups (broad SMARTS) is 1. The Morgan fingerprint density at radius 1 is 1.03 bits per heavy atom. The molecule has 0 amide bonds. The molecule has 2 aromatic rings. The van der Waals surface area contributed by atoms with E-state index in [-0.39, 0.29) is 0 Å². The van der Waals surface area contributed by atoms with Crippen molar-refractivity contribution in [2.75, 3.05) is 20.2 Å². The molecule has 3 rings (SSSR count). The molecule has 0 unspecified atom stereocenters. The Morgan fingerprint density at radius 3 is 2.12 bits per heavy atom. The van der Waals surface area contributed by atoms with Crippen molar-refractivity contribution < 1.29 is 41.0 Å². The molecule has 34 heavy (non-hydrogen) atoms. The number of methoxy groups -OCH3 is 1. The summed E-state index contributed by atoms with van der Waals surface area (Å²) in [6.45, 7) is 3.33. The van der Waals surface area contributed by atoms with Crippen LogP contribution in [0.15, 0.2) is 48.5 Å². The molecule has 0 radical (unpaired) electrons. The number of halogens is 6. The molecular weight excluding hydrogens is 466 g/mol. The molecule has 0 aromatic heterocycles. The second-order valence-electron chi connectivity index (χ2n) is 7.78. The third kappa shape index (κ3) is 9.22. The Labute approximate surface area is 193 Å². The van der Waals surface area contributed by atoms with Gasteiger partial charge in [-0.25, -0.2) is 4.79 Å². The van der Waals surface area contributed by atoms with Crippen molar-refractivity contribution in [1.29, 1.82) is 0 Å². The van der Waals surface area contributed by atoms with Crippen LogP contribution in [0.2, 0.25) is 0 Å². The van der Waals surface area contributed by atoms with Crippen LogP contribution in [-0.2, 0) is 24.1 Å². The van der Waals surface area contributed by atoms with Gasteiger partial charge in [-0.1, -0.05) is 30.3 Å². The van der Waals surface area contributed by atoms with Gasteiger partial charge in [0.25, 0.3) is 0 Å². The standard InChI is InChI=1S/C21H25F3N2O.C2HF3O2/c1-27-20-7-5-16(6-8-20)15-26-11-9-19(10-12-26)25-14-17-3-2-4-18(13-17)21(22,23)24;3-2(4,5)1(6)7/h2-8,13,19,25H,9-12,14-15H2,1H3;(H,6,7). The van der Waals surface area contributed by atoms with Gasteiger partial charge in [0.05, 0.1) is 12.7 Å². The average Bonchev–Trinajstić information content (AvgIpc) is 2.78. The van der Waals surface area contributed by atoms with E-state index in [9.17, 15) is 26.3 Å². The molecule has 1 aliphatic rings. The number of hydrogen-bond acceptors (Lipinski definition) is 4. The minimum absolute atomic E-state index is 0.340. The molecule has 2 N–H and O–H groups in total. The van der Waals surface area contributed by atoms with Gasteiger partial charge < -0.3 is 15.2 Å². The molecule has 2 aromatic carbocycles. The molecule has 1 heterocycles. The first-order valence-corrected chi connectivity index (χ1v) is 10.4. The number of carboxylic acids is 1. The molecule has 1 fully saturated rings. The number of nitrogens with one attached hydrogen (secondary N) is 1. The van der Waals surface area contributed by atoms with E-state index in [0.717, 1.165) is 44.3 Å². The summed E-state index contributed by atoms with van der Waals surface area (Å²) in [5, 5.41) is 10.5. The molecule has 1 aliphatic heterocycles. The number of ether oxygens (including phenoxy) is 1. The van der Waals surface area contributed by atoms with Crippen LogP contribution in [0.3, 0.4) is 0 Å². The summed E-state index contributed by atoms with van der Waals surface area (Å²) in [6, 6.07) is 14.0. The number of rotatable bonds is 6. The smallest absolute Gasteiger partial charge is 0.490 e. The Bertz CT molecular complexity index is 908. The normalized spacial score (nSPS) is 15.4. The van der Waals surface area contributed by atoms with Crippen LogP contribution in [0.1, 0.15) is 29.5 Å². The fourth-order valence-electron chi connectivity index (χ4n) is 3.40. The van der Waals surface area contributed by atoms with Crippen LogP contribution in [0.5, 0.6) is 5.75 Å². The summed E-state index contributed by atoms with van der Waals surface area (Å²) >= 11 is 0. The zero-order valence-corrected chi connectivity index (χ0v) is 18.4. The molecule has 1 saturated heterocycles. The number of hydrogen-bond donors (Lipinski definition) is 2. The van der Waals surface area contributed by atoms with Gasteiger partial charge in [-0.05, 0) is 55.3 Å². The molecule has 0 aliphatic carbocycles. The lowest BCUT2D eigenvalue weighted by atomic mass is 10.0. The van der Waals surface area contributed by atoms with Gasteiger partial charge in [0.1, 0.15) is 5.75 Å². The zero-order valence-electron chi connectivity index (χ0n) is 18.4. The monoisotopic (exact) mass is 492 g/mol. The van der Waals surface area contributed by atoms with E-state index in [0.29, 0.717) is 18.2 Å². The van der Waals surface area contributed by atoms with E-state index < -0.39 is 23.9 Å². The number of benzene rings is 2. The van der Waals surface area contributed by atoms with Crippen molar-refractivity contribution in [3.05, 3.63) is 65.2 Å². The second-order valence-corrected chi connectivity index (χ2v) is 7.78. The molecule has 11 heteroatoms. The Hall–Kier alpha value is -2.79. The minimum Gasteiger partial charge on any atom is -0.497 e. The summed E-state index contributed by atoms with van der Waals surface area (Å²) < 4.78 is 75.3. The van der Waals surface area contributed by atoms with Gasteiger partial charge in [0.15, 0.2) is 0 Å². The third-order valence-corrected chi connectivity index (χ3v) is 5.24. The molecule has 0 atom stereocenters. The van der Waals surface area contributed by atoms with Gasteiger partial charge in [0, 0.05) is 19.1 Å². The first kappa shape index (κ1) is 27.5. The largest absolute Gasteiger partial charge is 0.497 e. The predicted octanol–water partition coefficient (Wildman–Crippen LogP) is 5.10. The summed E-state index contributed by atoms with van der Waals surface area (Å²) in [5.74, 6) is -1.90. The van der Waals surface area contributed by atoms with E-state index in [4.69, 9.17) is 14.6 Å². The lowest BCUT2D eigenvalue weighted by Crippen LogP contribution is -2.41. The quantitative estimate of drug-likeness (QED) is 0.550. The van der Waals surface area contributed by atoms with E-state index >= 15 is 0 Å². The lowest BCUT2D eigenvalue weighted by Gasteiger charge is -2.32. The van der Waals surface area contributed by atoms with Crippen LogP contribution in [0.4, 0.5) is 26.3 Å². The summed E-state index contributed by atoms with van der Waals surface area (Å²) in [6.07, 6.45) is -7.38. The Kier molecular flexibility index (Phi) is 9.75. The first-order chi connectivity index (χ1) is 15.9. The number of nitrogens with zero attached hydrogens (tertiary/aromatic N) is 1. The second kappa shape index (κ2) is 12.1. The van der Waals surface area contributed by atoms with Gasteiger partial charge in [0.2, 0.25) is 0 Å². The molecule has 0 bridgehead atoms. The average molecular weight is 492 g/mol. The molecule has 0 saturated carbocycles. The van der Waals surface area contributed by atoms with E-state index in [1.807, 2.05) is 12.1 Å². The van der Waals surface area contributed by atoms with Crippen molar-refractivity contribution in [3.63, 3.8) is 0 Å². The lowest BCUT2D eigenvalue weighted by molar-refractivity contribution is -0.192. The molecule has 188 valence electrons. The van der Waals surface area contributed by atoms with E-state index in [2.05, 4.69) is 22.3 Å². The summed E-state index contributed by atoms with van der Waals surface area (Å²) in [7, 11) is 1.66. The number of carbonyl (C=O) groups is 1. The fraction of sp³-hybridized carbons (Fsp3) is 0.435. The fourth-order valence-corrected chi connectivity index (χ4v) is 3.40. The number of piperidine rings is 1. The highest BCUT2D eigenvalue weighted by molar-refractivity contribution is 5.73. The Balaban J connectivity index is 0.000000509. The van der Waals surface area contributed by atoms with Crippen molar-refractivity contribution in [1.82, 2.24) is 10.2 Å². The van der Waals surface area contributed by atoms with E-state index in [1.54, 1.807) is 13.2 Å². The van der Waals surface area contributed by atoms with Crippen LogP contribution in [0, 0.1) is 0 Å². The van der Waals surface area contributed by atoms with Crippen LogP contribution >= 0.6 is 0 Å². The third-order valence-electron chi connectivity index (χ3n) is 5.24. The maximum absolute atomic E-state index is 12.8. The van der Waals surface area contributed by atoms with Crippen molar-refractivity contribution in [2.45, 2.75) is 44.3 Å². The molecular formula is C23H26F6N2O3. The van der Waals surface area contributed by atoms with Crippen molar-refractivity contribution >= 4 is 5.97 Å². The maximum Gasteiger partial charge on any atom is 0.490 e. The summed E-state index contributed by atoms with van der Waals surface area (Å²) in [5.41, 5.74) is 1.34. The highest BCUT2D eigenvalue weighted by atomic mass is 19.4. The van der Waals surface area contributed by atoms with Gasteiger partial charge in [-0.2, -0.15) is 26.3 Å². The summed E-state index contributed by atoms with van der Waals surface area (Å²) in [4.78, 5) is 11.3. The Morgan fingerprint density at radius 2 is 1.62 bits per heavy atom. The van der Waals surface area contributed by atoms with Gasteiger partial charge in [-0.3, -0.25) is 4.90 Å². The number of alkyl halides is 6. The highest BCUT2D eigenvalue weighted by Crippen LogP contribution is 2.29. The van der Waals surface area contributed by atoms with Gasteiger partial charge in [-0.15, -0.1) is 0 Å². The first-order valence-electron chi connectivity index (χ1n) is 10.4. The van der Waals surface area contributed by atoms with Crippen molar-refractivity contribution in [3.8, 4) is 5.75 Å². The van der Waals surface area contributed by atoms with Crippen LogP contribution in [0.25, 0.3) is 0 Å². The van der Waals surface area contributed by atoms with Gasteiger partial charge >= 0.3 is 18.3 Å². The minimum atomic E-state index is -5.08. The molecule has 0 spiro atoms. The number of likely N-dealkylation sites (tertiary alicyclic amines) is 1. The predicted molar refractivity (Wildman–Crippen MR) is 113 cm³/mol. The number of aliphatic carboxylic acids is 1. The van der Waals surface area contributed by atoms with E-state index in [1.165, 1.54) is 17.7 Å². The van der Waals surface area contributed by atoms with Crippen LogP contribution in [-0.4, -0.2) is 48.4 Å². The topological polar surface area (TPSA) is 61.8 Å². The maximum atomic E-state index is 12.8. The van der Waals surface area contributed by atoms with Crippen molar-refractivity contribution in [2.24, 2.45) is 0 Å². The van der Waals surface area contributed by atoms with Crippen LogP contribution < -0.4 is 10.1 Å².